The number of carbonyl (C=O) groups is 1. The van der Waals surface area contributed by atoms with E-state index in [1.54, 1.807) is 17.7 Å². The molecular formula is C14H17BrFN5OS. The number of nitrogens with one attached hydrogen (secondary N) is 1. The summed E-state index contributed by atoms with van der Waals surface area (Å²) in [5.41, 5.74) is -0.152. The number of thioether (sulfide) groups is 1. The maximum Gasteiger partial charge on any atom is 0.237 e. The van der Waals surface area contributed by atoms with Gasteiger partial charge < -0.3 is 5.32 Å². The molecule has 0 saturated carbocycles. The fraction of sp³-hybridized carbons (Fsp3) is 0.429. The summed E-state index contributed by atoms with van der Waals surface area (Å²) in [5.74, 6) is -0.816. The van der Waals surface area contributed by atoms with Crippen LogP contribution in [0.3, 0.4) is 0 Å². The van der Waals surface area contributed by atoms with Crippen molar-refractivity contribution >= 4 is 39.3 Å². The van der Waals surface area contributed by atoms with Crippen molar-refractivity contribution in [2.45, 2.75) is 43.6 Å². The third kappa shape index (κ3) is 4.51. The third-order valence-electron chi connectivity index (χ3n) is 2.92. The van der Waals surface area contributed by atoms with E-state index in [0.29, 0.717) is 9.63 Å². The Morgan fingerprint density at radius 3 is 2.74 bits per heavy atom. The van der Waals surface area contributed by atoms with Gasteiger partial charge in [0.1, 0.15) is 5.82 Å². The number of nitrogens with zero attached hydrogens (tertiary/aromatic N) is 4. The number of carbonyl (C=O) groups excluding carboxylic acids is 1. The van der Waals surface area contributed by atoms with Gasteiger partial charge in [-0.05, 0) is 56.3 Å². The monoisotopic (exact) mass is 401 g/mol. The Bertz CT molecular complexity index is 715. The van der Waals surface area contributed by atoms with Crippen LogP contribution in [0.15, 0.2) is 27.8 Å². The zero-order valence-electron chi connectivity index (χ0n) is 13.2. The maximum absolute atomic E-state index is 13.8. The van der Waals surface area contributed by atoms with Gasteiger partial charge in [-0.3, -0.25) is 4.79 Å². The molecule has 1 atom stereocenters. The molecule has 0 fully saturated rings. The first-order chi connectivity index (χ1) is 10.7. The Kier molecular flexibility index (Phi) is 5.41. The van der Waals surface area contributed by atoms with Gasteiger partial charge >= 0.3 is 0 Å². The standard InChI is InChI=1S/C14H17BrFN5OS/c1-8(23-13-18-19-20-21(13)14(2,3)4)12(22)17-11-6-5-9(15)7-10(11)16/h5-8H,1-4H3,(H,17,22). The minimum absolute atomic E-state index is 0.140. The summed E-state index contributed by atoms with van der Waals surface area (Å²) in [6, 6.07) is 4.47. The highest BCUT2D eigenvalue weighted by atomic mass is 79.9. The molecule has 1 amide bonds. The van der Waals surface area contributed by atoms with E-state index in [9.17, 15) is 9.18 Å². The summed E-state index contributed by atoms with van der Waals surface area (Å²) in [6.45, 7) is 7.62. The largest absolute Gasteiger partial charge is 0.323 e. The summed E-state index contributed by atoms with van der Waals surface area (Å²) < 4.78 is 16.0. The molecule has 1 aromatic carbocycles. The Labute approximate surface area is 146 Å². The molecule has 23 heavy (non-hydrogen) atoms. The van der Waals surface area contributed by atoms with Crippen molar-refractivity contribution in [3.05, 3.63) is 28.5 Å². The van der Waals surface area contributed by atoms with E-state index in [2.05, 4.69) is 36.8 Å². The van der Waals surface area contributed by atoms with E-state index < -0.39 is 11.1 Å². The lowest BCUT2D eigenvalue weighted by Gasteiger charge is -2.20. The fourth-order valence-corrected chi connectivity index (χ4v) is 3.02. The topological polar surface area (TPSA) is 72.7 Å². The zero-order chi connectivity index (χ0) is 17.2. The molecule has 6 nitrogen and oxygen atoms in total. The normalized spacial score (nSPS) is 13.0. The second-order valence-electron chi connectivity index (χ2n) is 5.92. The van der Waals surface area contributed by atoms with Gasteiger partial charge in [0, 0.05) is 4.47 Å². The molecule has 1 aromatic heterocycles. The van der Waals surface area contributed by atoms with Gasteiger partial charge in [-0.25, -0.2) is 9.07 Å². The number of halogens is 2. The van der Waals surface area contributed by atoms with Crippen LogP contribution < -0.4 is 5.32 Å². The molecule has 9 heteroatoms. The van der Waals surface area contributed by atoms with Gasteiger partial charge in [0.15, 0.2) is 0 Å². The van der Waals surface area contributed by atoms with Crippen LogP contribution in [0, 0.1) is 5.82 Å². The highest BCUT2D eigenvalue weighted by Crippen LogP contribution is 2.26. The van der Waals surface area contributed by atoms with E-state index in [1.807, 2.05) is 20.8 Å². The first-order valence-electron chi connectivity index (χ1n) is 6.90. The van der Waals surface area contributed by atoms with Crippen LogP contribution in [0.5, 0.6) is 0 Å². The van der Waals surface area contributed by atoms with Crippen LogP contribution in [0.25, 0.3) is 0 Å². The average molecular weight is 402 g/mol. The molecule has 1 heterocycles. The molecule has 0 aliphatic rings. The lowest BCUT2D eigenvalue weighted by molar-refractivity contribution is -0.115. The summed E-state index contributed by atoms with van der Waals surface area (Å²) in [4.78, 5) is 12.2. The Morgan fingerprint density at radius 2 is 2.13 bits per heavy atom. The van der Waals surface area contributed by atoms with Crippen molar-refractivity contribution in [1.29, 1.82) is 0 Å². The lowest BCUT2D eigenvalue weighted by atomic mass is 10.1. The molecule has 0 aliphatic carbocycles. The molecule has 1 N–H and O–H groups in total. The van der Waals surface area contributed by atoms with E-state index in [1.165, 1.54) is 23.9 Å². The highest BCUT2D eigenvalue weighted by Gasteiger charge is 2.24. The predicted octanol–water partition coefficient (Wildman–Crippen LogP) is 3.45. The van der Waals surface area contributed by atoms with E-state index in [-0.39, 0.29) is 17.1 Å². The molecular weight excluding hydrogens is 385 g/mol. The zero-order valence-corrected chi connectivity index (χ0v) is 15.6. The van der Waals surface area contributed by atoms with Crippen molar-refractivity contribution in [2.75, 3.05) is 5.32 Å². The minimum Gasteiger partial charge on any atom is -0.323 e. The number of rotatable bonds is 4. The number of aromatic nitrogens is 4. The van der Waals surface area contributed by atoms with Gasteiger partial charge in [0.05, 0.1) is 16.5 Å². The summed E-state index contributed by atoms with van der Waals surface area (Å²) >= 11 is 4.40. The van der Waals surface area contributed by atoms with Gasteiger partial charge in [0.25, 0.3) is 0 Å². The van der Waals surface area contributed by atoms with Crippen molar-refractivity contribution in [1.82, 2.24) is 20.2 Å². The minimum atomic E-state index is -0.496. The highest BCUT2D eigenvalue weighted by molar-refractivity contribution is 9.10. The van der Waals surface area contributed by atoms with Gasteiger partial charge in [-0.15, -0.1) is 5.10 Å². The van der Waals surface area contributed by atoms with Gasteiger partial charge in [-0.1, -0.05) is 27.7 Å². The van der Waals surface area contributed by atoms with Crippen LogP contribution in [0.2, 0.25) is 0 Å². The Balaban J connectivity index is 2.08. The SMILES string of the molecule is CC(Sc1nnnn1C(C)(C)C)C(=O)Nc1ccc(Br)cc1F. The van der Waals surface area contributed by atoms with E-state index in [0.717, 1.165) is 0 Å². The van der Waals surface area contributed by atoms with Crippen LogP contribution in [-0.4, -0.2) is 31.4 Å². The van der Waals surface area contributed by atoms with Gasteiger partial charge in [0.2, 0.25) is 11.1 Å². The van der Waals surface area contributed by atoms with Gasteiger partial charge in [-0.2, -0.15) is 0 Å². The average Bonchev–Trinajstić information content (AvgIpc) is 2.90. The van der Waals surface area contributed by atoms with Crippen LogP contribution >= 0.6 is 27.7 Å². The second kappa shape index (κ2) is 6.96. The maximum atomic E-state index is 13.8. The van der Waals surface area contributed by atoms with Crippen molar-refractivity contribution in [2.24, 2.45) is 0 Å². The van der Waals surface area contributed by atoms with E-state index in [4.69, 9.17) is 0 Å². The predicted molar refractivity (Wildman–Crippen MR) is 90.9 cm³/mol. The smallest absolute Gasteiger partial charge is 0.237 e. The fourth-order valence-electron chi connectivity index (χ4n) is 1.71. The van der Waals surface area contributed by atoms with Crippen LogP contribution in [0.1, 0.15) is 27.7 Å². The summed E-state index contributed by atoms with van der Waals surface area (Å²) in [5, 5.41) is 14.2. The second-order valence-corrected chi connectivity index (χ2v) is 8.14. The first kappa shape index (κ1) is 17.9. The van der Waals surface area contributed by atoms with Crippen LogP contribution in [0.4, 0.5) is 10.1 Å². The number of amides is 1. The number of hydrogen-bond donors (Lipinski definition) is 1. The molecule has 0 aliphatic heterocycles. The number of benzene rings is 1. The molecule has 0 radical (unpaired) electrons. The quantitative estimate of drug-likeness (QED) is 0.794. The molecule has 0 spiro atoms. The number of anilines is 1. The molecule has 0 saturated heterocycles. The van der Waals surface area contributed by atoms with Crippen molar-refractivity contribution in [3.63, 3.8) is 0 Å². The number of tetrazole rings is 1. The van der Waals surface area contributed by atoms with Crippen LogP contribution in [-0.2, 0) is 10.3 Å². The van der Waals surface area contributed by atoms with Crippen molar-refractivity contribution in [3.8, 4) is 0 Å². The summed E-state index contributed by atoms with van der Waals surface area (Å²) in [6.07, 6.45) is 0. The van der Waals surface area contributed by atoms with Crippen molar-refractivity contribution < 1.29 is 9.18 Å². The number of hydrogen-bond acceptors (Lipinski definition) is 5. The molecule has 2 rings (SSSR count). The molecule has 2 aromatic rings. The Morgan fingerprint density at radius 1 is 1.43 bits per heavy atom. The third-order valence-corrected chi connectivity index (χ3v) is 4.44. The molecule has 0 bridgehead atoms. The van der Waals surface area contributed by atoms with E-state index >= 15 is 0 Å². The summed E-state index contributed by atoms with van der Waals surface area (Å²) in [7, 11) is 0. The first-order valence-corrected chi connectivity index (χ1v) is 8.57. The lowest BCUT2D eigenvalue weighted by Crippen LogP contribution is -2.27. The molecule has 124 valence electrons. The Hall–Kier alpha value is -1.48. The molecule has 1 unspecified atom stereocenters.